The van der Waals surface area contributed by atoms with Gasteiger partial charge in [0.25, 0.3) is 0 Å². The SMILES string of the molecule is COc1cc(C(Br)Cc2cccc(Br)c2)ccc1C. The molecule has 0 spiro atoms. The Labute approximate surface area is 131 Å². The number of methoxy groups -OCH3 is 1. The fourth-order valence-electron chi connectivity index (χ4n) is 2.02. The predicted octanol–water partition coefficient (Wildman–Crippen LogP) is 5.44. The molecule has 19 heavy (non-hydrogen) atoms. The highest BCUT2D eigenvalue weighted by Crippen LogP contribution is 2.31. The quantitative estimate of drug-likeness (QED) is 0.638. The number of hydrogen-bond acceptors (Lipinski definition) is 1. The summed E-state index contributed by atoms with van der Waals surface area (Å²) < 4.78 is 6.49. The average Bonchev–Trinajstić information content (AvgIpc) is 2.39. The van der Waals surface area contributed by atoms with Gasteiger partial charge in [0, 0.05) is 9.30 Å². The number of hydrogen-bond donors (Lipinski definition) is 0. The van der Waals surface area contributed by atoms with Gasteiger partial charge in [-0.15, -0.1) is 0 Å². The zero-order valence-electron chi connectivity index (χ0n) is 11.0. The Hall–Kier alpha value is -0.800. The van der Waals surface area contributed by atoms with Crippen molar-refractivity contribution in [2.75, 3.05) is 7.11 Å². The minimum Gasteiger partial charge on any atom is -0.496 e. The summed E-state index contributed by atoms with van der Waals surface area (Å²) in [6.07, 6.45) is 0.950. The van der Waals surface area contributed by atoms with Crippen molar-refractivity contribution in [3.05, 3.63) is 63.6 Å². The lowest BCUT2D eigenvalue weighted by Crippen LogP contribution is -1.97. The molecule has 0 radical (unpaired) electrons. The Morgan fingerprint density at radius 3 is 2.63 bits per heavy atom. The molecule has 0 bridgehead atoms. The first-order valence-corrected chi connectivity index (χ1v) is 7.84. The molecule has 1 atom stereocenters. The maximum Gasteiger partial charge on any atom is 0.122 e. The molecule has 2 rings (SSSR count). The summed E-state index contributed by atoms with van der Waals surface area (Å²) in [7, 11) is 1.71. The van der Waals surface area contributed by atoms with E-state index in [1.165, 1.54) is 11.1 Å². The van der Waals surface area contributed by atoms with Crippen LogP contribution in [-0.4, -0.2) is 7.11 Å². The van der Waals surface area contributed by atoms with Crippen molar-refractivity contribution in [1.82, 2.24) is 0 Å². The first kappa shape index (κ1) is 14.6. The van der Waals surface area contributed by atoms with E-state index in [0.29, 0.717) is 0 Å². The van der Waals surface area contributed by atoms with Crippen molar-refractivity contribution in [2.45, 2.75) is 18.2 Å². The van der Waals surface area contributed by atoms with E-state index in [1.54, 1.807) is 7.11 Å². The van der Waals surface area contributed by atoms with Gasteiger partial charge in [-0.2, -0.15) is 0 Å². The van der Waals surface area contributed by atoms with Crippen molar-refractivity contribution < 1.29 is 4.74 Å². The minimum atomic E-state index is 0.288. The van der Waals surface area contributed by atoms with Gasteiger partial charge in [0.2, 0.25) is 0 Å². The zero-order valence-corrected chi connectivity index (χ0v) is 14.2. The number of aryl methyl sites for hydroxylation is 1. The molecule has 0 aliphatic carbocycles. The van der Waals surface area contributed by atoms with E-state index in [4.69, 9.17) is 4.74 Å². The summed E-state index contributed by atoms with van der Waals surface area (Å²) in [4.78, 5) is 0.288. The third-order valence-electron chi connectivity index (χ3n) is 3.10. The third kappa shape index (κ3) is 3.83. The highest BCUT2D eigenvalue weighted by Gasteiger charge is 2.11. The maximum atomic E-state index is 5.38. The van der Waals surface area contributed by atoms with Crippen LogP contribution in [0.3, 0.4) is 0 Å². The van der Waals surface area contributed by atoms with Crippen LogP contribution in [0, 0.1) is 6.92 Å². The summed E-state index contributed by atoms with van der Waals surface area (Å²) in [5, 5.41) is 0. The molecule has 1 nitrogen and oxygen atoms in total. The van der Waals surface area contributed by atoms with Crippen molar-refractivity contribution >= 4 is 31.9 Å². The number of ether oxygens (including phenoxy) is 1. The summed E-state index contributed by atoms with van der Waals surface area (Å²) in [6.45, 7) is 2.06. The van der Waals surface area contributed by atoms with Gasteiger partial charge in [-0.1, -0.05) is 56.1 Å². The average molecular weight is 384 g/mol. The molecule has 0 N–H and O–H groups in total. The van der Waals surface area contributed by atoms with Crippen molar-refractivity contribution in [2.24, 2.45) is 0 Å². The molecule has 0 aliphatic heterocycles. The predicted molar refractivity (Wildman–Crippen MR) is 87.2 cm³/mol. The van der Waals surface area contributed by atoms with E-state index in [2.05, 4.69) is 75.2 Å². The molecule has 0 amide bonds. The molecule has 100 valence electrons. The van der Waals surface area contributed by atoms with Gasteiger partial charge in [-0.05, 0) is 48.2 Å². The lowest BCUT2D eigenvalue weighted by atomic mass is 10.0. The summed E-state index contributed by atoms with van der Waals surface area (Å²) >= 11 is 7.27. The summed E-state index contributed by atoms with van der Waals surface area (Å²) in [6, 6.07) is 14.8. The van der Waals surface area contributed by atoms with Crippen LogP contribution in [-0.2, 0) is 6.42 Å². The van der Waals surface area contributed by atoms with Crippen LogP contribution in [0.5, 0.6) is 5.75 Å². The van der Waals surface area contributed by atoms with Gasteiger partial charge >= 0.3 is 0 Å². The Kier molecular flexibility index (Phi) is 5.06. The Bertz CT molecular complexity index is 566. The fourth-order valence-corrected chi connectivity index (χ4v) is 3.13. The smallest absolute Gasteiger partial charge is 0.122 e. The largest absolute Gasteiger partial charge is 0.496 e. The molecule has 0 saturated carbocycles. The van der Waals surface area contributed by atoms with Crippen molar-refractivity contribution in [1.29, 1.82) is 0 Å². The number of benzene rings is 2. The van der Waals surface area contributed by atoms with Gasteiger partial charge in [0.05, 0.1) is 7.11 Å². The maximum absolute atomic E-state index is 5.38. The highest BCUT2D eigenvalue weighted by atomic mass is 79.9. The standard InChI is InChI=1S/C16H16Br2O/c1-11-6-7-13(10-16(11)19-2)15(18)9-12-4-3-5-14(17)8-12/h3-8,10,15H,9H2,1-2H3. The van der Waals surface area contributed by atoms with E-state index in [9.17, 15) is 0 Å². The number of halogens is 2. The molecule has 2 aromatic carbocycles. The normalized spacial score (nSPS) is 12.2. The van der Waals surface area contributed by atoms with Crippen LogP contribution in [0.15, 0.2) is 46.9 Å². The monoisotopic (exact) mass is 382 g/mol. The van der Waals surface area contributed by atoms with E-state index in [0.717, 1.165) is 22.2 Å². The first-order valence-electron chi connectivity index (χ1n) is 6.13. The molecule has 2 aromatic rings. The van der Waals surface area contributed by atoms with Crippen LogP contribution in [0.1, 0.15) is 21.5 Å². The van der Waals surface area contributed by atoms with Crippen LogP contribution >= 0.6 is 31.9 Å². The molecule has 0 saturated heterocycles. The van der Waals surface area contributed by atoms with Gasteiger partial charge in [-0.25, -0.2) is 0 Å². The molecule has 0 fully saturated rings. The second-order valence-corrected chi connectivity index (χ2v) is 6.55. The summed E-state index contributed by atoms with van der Waals surface area (Å²) in [5.41, 5.74) is 3.70. The van der Waals surface area contributed by atoms with Gasteiger partial charge in [0.15, 0.2) is 0 Å². The van der Waals surface area contributed by atoms with Crippen LogP contribution in [0.2, 0.25) is 0 Å². The van der Waals surface area contributed by atoms with Crippen LogP contribution < -0.4 is 4.74 Å². The van der Waals surface area contributed by atoms with Gasteiger partial charge < -0.3 is 4.74 Å². The Balaban J connectivity index is 2.18. The Morgan fingerprint density at radius 1 is 1.16 bits per heavy atom. The van der Waals surface area contributed by atoms with Crippen molar-refractivity contribution in [3.63, 3.8) is 0 Å². The summed E-state index contributed by atoms with van der Waals surface area (Å²) in [5.74, 6) is 0.941. The molecule has 0 aromatic heterocycles. The van der Waals surface area contributed by atoms with Crippen LogP contribution in [0.4, 0.5) is 0 Å². The second-order valence-electron chi connectivity index (χ2n) is 4.53. The molecule has 0 heterocycles. The van der Waals surface area contributed by atoms with Gasteiger partial charge in [0.1, 0.15) is 5.75 Å². The first-order chi connectivity index (χ1) is 9.10. The number of rotatable bonds is 4. The number of alkyl halides is 1. The van der Waals surface area contributed by atoms with E-state index >= 15 is 0 Å². The highest BCUT2D eigenvalue weighted by molar-refractivity contribution is 9.10. The molecule has 0 aliphatic rings. The lowest BCUT2D eigenvalue weighted by Gasteiger charge is -2.13. The molecule has 3 heteroatoms. The van der Waals surface area contributed by atoms with E-state index < -0.39 is 0 Å². The van der Waals surface area contributed by atoms with E-state index in [1.807, 2.05) is 6.07 Å². The van der Waals surface area contributed by atoms with Crippen molar-refractivity contribution in [3.8, 4) is 5.75 Å². The Morgan fingerprint density at radius 2 is 1.95 bits per heavy atom. The molecular formula is C16H16Br2O. The van der Waals surface area contributed by atoms with Gasteiger partial charge in [-0.3, -0.25) is 0 Å². The molecular weight excluding hydrogens is 368 g/mol. The second kappa shape index (κ2) is 6.58. The zero-order chi connectivity index (χ0) is 13.8. The van der Waals surface area contributed by atoms with Crippen LogP contribution in [0.25, 0.3) is 0 Å². The lowest BCUT2D eigenvalue weighted by molar-refractivity contribution is 0.411. The minimum absolute atomic E-state index is 0.288. The van der Waals surface area contributed by atoms with E-state index in [-0.39, 0.29) is 4.83 Å². The topological polar surface area (TPSA) is 9.23 Å². The fraction of sp³-hybridized carbons (Fsp3) is 0.250. The molecule has 1 unspecified atom stereocenters. The third-order valence-corrected chi connectivity index (χ3v) is 4.44.